The first-order valence-corrected chi connectivity index (χ1v) is 8.47. The van der Waals surface area contributed by atoms with E-state index >= 15 is 0 Å². The molecule has 0 aliphatic rings. The summed E-state index contributed by atoms with van der Waals surface area (Å²) < 4.78 is 5.82. The molecule has 0 saturated heterocycles. The molecule has 0 fully saturated rings. The van der Waals surface area contributed by atoms with E-state index in [4.69, 9.17) is 4.42 Å². The number of oxazole rings is 1. The third-order valence-corrected chi connectivity index (χ3v) is 4.13. The molecule has 0 aliphatic heterocycles. The highest BCUT2D eigenvalue weighted by molar-refractivity contribution is 5.97. The molecule has 0 atom stereocenters. The van der Waals surface area contributed by atoms with Crippen molar-refractivity contribution in [2.24, 2.45) is 0 Å². The summed E-state index contributed by atoms with van der Waals surface area (Å²) in [7, 11) is 0. The van der Waals surface area contributed by atoms with Crippen LogP contribution >= 0.6 is 0 Å². The Morgan fingerprint density at radius 3 is 2.85 bits per heavy atom. The SMILES string of the molecule is O=C(NCCc1cnc[nH]1)c1ccc2nc(Cc3ccccc3)oc2c1. The van der Waals surface area contributed by atoms with Gasteiger partial charge in [-0.3, -0.25) is 4.79 Å². The van der Waals surface area contributed by atoms with E-state index in [1.54, 1.807) is 24.7 Å². The molecule has 0 unspecified atom stereocenters. The molecule has 2 heterocycles. The van der Waals surface area contributed by atoms with Gasteiger partial charge < -0.3 is 14.7 Å². The third-order valence-electron chi connectivity index (χ3n) is 4.13. The summed E-state index contributed by atoms with van der Waals surface area (Å²) in [5.74, 6) is 0.510. The third kappa shape index (κ3) is 3.64. The zero-order valence-electron chi connectivity index (χ0n) is 14.1. The van der Waals surface area contributed by atoms with E-state index in [9.17, 15) is 4.79 Å². The second-order valence-electron chi connectivity index (χ2n) is 6.04. The first-order valence-electron chi connectivity index (χ1n) is 8.47. The van der Waals surface area contributed by atoms with Crippen molar-refractivity contribution >= 4 is 17.0 Å². The molecule has 130 valence electrons. The summed E-state index contributed by atoms with van der Waals surface area (Å²) in [4.78, 5) is 23.8. The number of carbonyl (C=O) groups excluding carboxylic acids is 1. The molecule has 0 radical (unpaired) electrons. The summed E-state index contributed by atoms with van der Waals surface area (Å²) in [6.07, 6.45) is 4.71. The minimum Gasteiger partial charge on any atom is -0.440 e. The van der Waals surface area contributed by atoms with Gasteiger partial charge in [0.25, 0.3) is 5.91 Å². The highest BCUT2D eigenvalue weighted by Crippen LogP contribution is 2.19. The normalized spacial score (nSPS) is 10.9. The Labute approximate surface area is 150 Å². The summed E-state index contributed by atoms with van der Waals surface area (Å²) in [6, 6.07) is 15.4. The lowest BCUT2D eigenvalue weighted by atomic mass is 10.1. The van der Waals surface area contributed by atoms with E-state index in [0.29, 0.717) is 36.4 Å². The number of nitrogens with one attached hydrogen (secondary N) is 2. The molecule has 0 aliphatic carbocycles. The molecule has 1 amide bonds. The van der Waals surface area contributed by atoms with E-state index in [1.807, 2.05) is 36.4 Å². The summed E-state index contributed by atoms with van der Waals surface area (Å²) in [5, 5.41) is 2.90. The molecule has 4 aromatic rings. The second kappa shape index (κ2) is 7.23. The van der Waals surface area contributed by atoms with Crippen LogP contribution in [0.3, 0.4) is 0 Å². The van der Waals surface area contributed by atoms with Crippen LogP contribution in [0.1, 0.15) is 27.5 Å². The molecule has 2 aromatic carbocycles. The van der Waals surface area contributed by atoms with Gasteiger partial charge in [0, 0.05) is 36.8 Å². The van der Waals surface area contributed by atoms with Gasteiger partial charge in [-0.15, -0.1) is 0 Å². The number of nitrogens with zero attached hydrogens (tertiary/aromatic N) is 2. The first-order chi connectivity index (χ1) is 12.8. The number of amides is 1. The number of hydrogen-bond donors (Lipinski definition) is 2. The topological polar surface area (TPSA) is 83.8 Å². The molecule has 2 aromatic heterocycles. The lowest BCUT2D eigenvalue weighted by Gasteiger charge is -2.04. The van der Waals surface area contributed by atoms with E-state index in [1.165, 1.54) is 0 Å². The zero-order valence-corrected chi connectivity index (χ0v) is 14.1. The highest BCUT2D eigenvalue weighted by Gasteiger charge is 2.11. The van der Waals surface area contributed by atoms with Gasteiger partial charge in [-0.05, 0) is 23.8 Å². The van der Waals surface area contributed by atoms with E-state index in [0.717, 1.165) is 16.8 Å². The standard InChI is InChI=1S/C20H18N4O2/c25-20(22-9-8-16-12-21-13-23-16)15-6-7-17-18(11-15)26-19(24-17)10-14-4-2-1-3-5-14/h1-7,11-13H,8-10H2,(H,21,23)(H,22,25). The summed E-state index contributed by atoms with van der Waals surface area (Å²) in [5.41, 5.74) is 4.06. The number of aromatic amines is 1. The smallest absolute Gasteiger partial charge is 0.251 e. The molecule has 4 rings (SSSR count). The van der Waals surface area contributed by atoms with Crippen molar-refractivity contribution in [1.82, 2.24) is 20.3 Å². The maximum atomic E-state index is 12.3. The van der Waals surface area contributed by atoms with Crippen molar-refractivity contribution in [3.63, 3.8) is 0 Å². The van der Waals surface area contributed by atoms with Gasteiger partial charge in [-0.25, -0.2) is 9.97 Å². The number of rotatable bonds is 6. The Bertz CT molecular complexity index is 1010. The molecule has 0 bridgehead atoms. The van der Waals surface area contributed by atoms with Crippen LogP contribution in [0.25, 0.3) is 11.1 Å². The molecule has 6 heteroatoms. The molecule has 26 heavy (non-hydrogen) atoms. The second-order valence-corrected chi connectivity index (χ2v) is 6.04. The van der Waals surface area contributed by atoms with Gasteiger partial charge in [-0.1, -0.05) is 30.3 Å². The lowest BCUT2D eigenvalue weighted by Crippen LogP contribution is -2.25. The van der Waals surface area contributed by atoms with Gasteiger partial charge in [0.1, 0.15) is 5.52 Å². The van der Waals surface area contributed by atoms with E-state index in [2.05, 4.69) is 20.3 Å². The fraction of sp³-hybridized carbons (Fsp3) is 0.150. The minimum atomic E-state index is -0.132. The molecular weight excluding hydrogens is 328 g/mol. The summed E-state index contributed by atoms with van der Waals surface area (Å²) >= 11 is 0. The van der Waals surface area contributed by atoms with Crippen molar-refractivity contribution < 1.29 is 9.21 Å². The Morgan fingerprint density at radius 2 is 2.04 bits per heavy atom. The maximum absolute atomic E-state index is 12.3. The molecule has 0 saturated carbocycles. The molecule has 0 spiro atoms. The Kier molecular flexibility index (Phi) is 4.47. The number of fused-ring (bicyclic) bond motifs is 1. The van der Waals surface area contributed by atoms with Crippen molar-refractivity contribution in [1.29, 1.82) is 0 Å². The predicted octanol–water partition coefficient (Wildman–Crippen LogP) is 3.11. The van der Waals surface area contributed by atoms with Gasteiger partial charge >= 0.3 is 0 Å². The van der Waals surface area contributed by atoms with Gasteiger partial charge in [-0.2, -0.15) is 0 Å². The van der Waals surface area contributed by atoms with Crippen LogP contribution in [0, 0.1) is 0 Å². The zero-order chi connectivity index (χ0) is 17.8. The number of imidazole rings is 1. The number of hydrogen-bond acceptors (Lipinski definition) is 4. The highest BCUT2D eigenvalue weighted by atomic mass is 16.3. The maximum Gasteiger partial charge on any atom is 0.251 e. The van der Waals surface area contributed by atoms with Crippen LogP contribution in [-0.2, 0) is 12.8 Å². The van der Waals surface area contributed by atoms with E-state index in [-0.39, 0.29) is 5.91 Å². The van der Waals surface area contributed by atoms with Gasteiger partial charge in [0.2, 0.25) is 0 Å². The Morgan fingerprint density at radius 1 is 1.15 bits per heavy atom. The number of benzene rings is 2. The number of carbonyl (C=O) groups is 1. The van der Waals surface area contributed by atoms with E-state index < -0.39 is 0 Å². The quantitative estimate of drug-likeness (QED) is 0.562. The fourth-order valence-corrected chi connectivity index (χ4v) is 2.79. The monoisotopic (exact) mass is 346 g/mol. The Balaban J connectivity index is 1.44. The number of H-pyrrole nitrogens is 1. The van der Waals surface area contributed by atoms with Gasteiger partial charge in [0.05, 0.1) is 6.33 Å². The van der Waals surface area contributed by atoms with Crippen LogP contribution < -0.4 is 5.32 Å². The van der Waals surface area contributed by atoms with Crippen LogP contribution in [0.4, 0.5) is 0 Å². The van der Waals surface area contributed by atoms with Crippen LogP contribution in [0.15, 0.2) is 65.5 Å². The fourth-order valence-electron chi connectivity index (χ4n) is 2.79. The Hall–Kier alpha value is -3.41. The van der Waals surface area contributed by atoms with Crippen molar-refractivity contribution in [3.05, 3.63) is 83.8 Å². The average molecular weight is 346 g/mol. The van der Waals surface area contributed by atoms with Crippen molar-refractivity contribution in [2.45, 2.75) is 12.8 Å². The summed E-state index contributed by atoms with van der Waals surface area (Å²) in [6.45, 7) is 0.536. The average Bonchev–Trinajstić information content (AvgIpc) is 3.31. The first kappa shape index (κ1) is 16.1. The van der Waals surface area contributed by atoms with Crippen molar-refractivity contribution in [2.75, 3.05) is 6.54 Å². The molecular formula is C20H18N4O2. The molecule has 2 N–H and O–H groups in total. The lowest BCUT2D eigenvalue weighted by molar-refractivity contribution is 0.0954. The van der Waals surface area contributed by atoms with Crippen LogP contribution in [-0.4, -0.2) is 27.4 Å². The molecule has 6 nitrogen and oxygen atoms in total. The van der Waals surface area contributed by atoms with Crippen molar-refractivity contribution in [3.8, 4) is 0 Å². The number of aromatic nitrogens is 3. The minimum absolute atomic E-state index is 0.132. The van der Waals surface area contributed by atoms with Crippen LogP contribution in [0.5, 0.6) is 0 Å². The van der Waals surface area contributed by atoms with Gasteiger partial charge in [0.15, 0.2) is 11.5 Å². The largest absolute Gasteiger partial charge is 0.440 e. The van der Waals surface area contributed by atoms with Crippen LogP contribution in [0.2, 0.25) is 0 Å². The predicted molar refractivity (Wildman–Crippen MR) is 97.9 cm³/mol.